The Hall–Kier alpha value is -2.83. The molecule has 4 aromatic rings. The van der Waals surface area contributed by atoms with Gasteiger partial charge in [0, 0.05) is 62.3 Å². The first kappa shape index (κ1) is 18.2. The fraction of sp³-hybridized carbons (Fsp3) is 0.130. The first-order chi connectivity index (χ1) is 14.2. The molecule has 0 unspecified atom stereocenters. The minimum Gasteiger partial charge on any atom is -0.388 e. The number of nitrogens with one attached hydrogen (secondary N) is 3. The average molecular weight is 417 g/mol. The van der Waals surface area contributed by atoms with Crippen LogP contribution >= 0.6 is 23.1 Å². The van der Waals surface area contributed by atoms with Crippen molar-refractivity contribution in [3.8, 4) is 33.0 Å². The lowest BCUT2D eigenvalue weighted by molar-refractivity contribution is 1.10. The molecule has 0 bridgehead atoms. The molecular weight excluding hydrogens is 396 g/mol. The summed E-state index contributed by atoms with van der Waals surface area (Å²) in [5, 5.41) is 18.6. The molecule has 0 fully saturated rings. The monoisotopic (exact) mass is 416 g/mol. The van der Waals surface area contributed by atoms with Crippen LogP contribution in [0.4, 0.5) is 5.69 Å². The second kappa shape index (κ2) is 7.21. The van der Waals surface area contributed by atoms with E-state index in [9.17, 15) is 0 Å². The van der Waals surface area contributed by atoms with Gasteiger partial charge in [-0.3, -0.25) is 5.10 Å². The fourth-order valence-electron chi connectivity index (χ4n) is 3.87. The van der Waals surface area contributed by atoms with Crippen molar-refractivity contribution in [3.63, 3.8) is 0 Å². The van der Waals surface area contributed by atoms with Crippen LogP contribution in [0.1, 0.15) is 16.0 Å². The van der Waals surface area contributed by atoms with Gasteiger partial charge in [-0.05, 0) is 36.1 Å². The number of hydrogen-bond acceptors (Lipinski definition) is 5. The molecule has 2 heterocycles. The lowest BCUT2D eigenvalue weighted by atomic mass is 10.0. The number of aromatic nitrogens is 2. The molecule has 1 aliphatic rings. The van der Waals surface area contributed by atoms with E-state index in [0.717, 1.165) is 34.6 Å². The van der Waals surface area contributed by atoms with Crippen molar-refractivity contribution in [2.24, 2.45) is 0 Å². The van der Waals surface area contributed by atoms with Crippen molar-refractivity contribution in [1.29, 1.82) is 5.41 Å². The molecule has 3 N–H and O–H groups in total. The molecule has 2 aromatic heterocycles. The average Bonchev–Trinajstić information content (AvgIpc) is 3.44. The highest BCUT2D eigenvalue weighted by molar-refractivity contribution is 7.98. The van der Waals surface area contributed by atoms with Gasteiger partial charge in [0.25, 0.3) is 0 Å². The van der Waals surface area contributed by atoms with E-state index in [-0.39, 0.29) is 0 Å². The summed E-state index contributed by atoms with van der Waals surface area (Å²) in [6.45, 7) is 0. The predicted molar refractivity (Wildman–Crippen MR) is 125 cm³/mol. The highest BCUT2D eigenvalue weighted by atomic mass is 32.2. The van der Waals surface area contributed by atoms with Crippen molar-refractivity contribution in [2.45, 2.75) is 11.3 Å². The second-order valence-corrected chi connectivity index (χ2v) is 8.99. The summed E-state index contributed by atoms with van der Waals surface area (Å²) in [5.41, 5.74) is 8.84. The third-order valence-electron chi connectivity index (χ3n) is 5.41. The van der Waals surface area contributed by atoms with Gasteiger partial charge in [-0.2, -0.15) is 5.10 Å². The van der Waals surface area contributed by atoms with E-state index in [4.69, 9.17) is 5.41 Å². The van der Waals surface area contributed by atoms with Crippen molar-refractivity contribution >= 4 is 35.0 Å². The van der Waals surface area contributed by atoms with Crippen LogP contribution in [0.5, 0.6) is 0 Å². The molecule has 0 radical (unpaired) electrons. The summed E-state index contributed by atoms with van der Waals surface area (Å²) >= 11 is 3.64. The SMILES string of the molecule is CNc1cc(-c2n[nH]c3c2Cc2sc(-c4ccc(SC)cc4)cc2-3)ccc1C=N. The van der Waals surface area contributed by atoms with Gasteiger partial charge in [0.1, 0.15) is 0 Å². The van der Waals surface area contributed by atoms with Gasteiger partial charge >= 0.3 is 0 Å². The summed E-state index contributed by atoms with van der Waals surface area (Å²) < 4.78 is 0. The quantitative estimate of drug-likeness (QED) is 0.238. The third kappa shape index (κ3) is 2.99. The van der Waals surface area contributed by atoms with Gasteiger partial charge in [0.05, 0.1) is 11.4 Å². The van der Waals surface area contributed by atoms with E-state index < -0.39 is 0 Å². The van der Waals surface area contributed by atoms with Gasteiger partial charge in [-0.1, -0.05) is 24.3 Å². The summed E-state index contributed by atoms with van der Waals surface area (Å²) in [7, 11) is 1.88. The molecule has 2 aromatic carbocycles. The van der Waals surface area contributed by atoms with Crippen LogP contribution in [0.3, 0.4) is 0 Å². The van der Waals surface area contributed by atoms with Crippen LogP contribution < -0.4 is 5.32 Å². The Kier molecular flexibility index (Phi) is 4.53. The molecule has 5 rings (SSSR count). The van der Waals surface area contributed by atoms with Crippen LogP contribution in [0.2, 0.25) is 0 Å². The summed E-state index contributed by atoms with van der Waals surface area (Å²) in [5.74, 6) is 0. The van der Waals surface area contributed by atoms with Gasteiger partial charge in [0.15, 0.2) is 0 Å². The second-order valence-electron chi connectivity index (χ2n) is 6.97. The Morgan fingerprint density at radius 3 is 2.66 bits per heavy atom. The van der Waals surface area contributed by atoms with Crippen molar-refractivity contribution in [2.75, 3.05) is 18.6 Å². The van der Waals surface area contributed by atoms with E-state index in [1.807, 2.05) is 30.5 Å². The number of thioether (sulfide) groups is 1. The van der Waals surface area contributed by atoms with E-state index in [1.54, 1.807) is 11.8 Å². The Morgan fingerprint density at radius 1 is 1.14 bits per heavy atom. The minimum atomic E-state index is 0.875. The van der Waals surface area contributed by atoms with Crippen LogP contribution in [-0.4, -0.2) is 29.7 Å². The smallest absolute Gasteiger partial charge is 0.0963 e. The largest absolute Gasteiger partial charge is 0.388 e. The molecule has 0 aliphatic heterocycles. The standard InChI is InChI=1S/C23H20N4S2/c1-25-19-9-14(3-4-15(19)12-24)22-18-11-21-17(23(18)27-26-22)10-20(29-21)13-5-7-16(28-2)8-6-13/h3-10,12,24-25H,11H2,1-2H3,(H,26,27). The number of benzene rings is 2. The highest BCUT2D eigenvalue weighted by Crippen LogP contribution is 2.46. The number of rotatable bonds is 5. The molecule has 4 nitrogen and oxygen atoms in total. The Labute approximate surface area is 177 Å². The molecule has 0 amide bonds. The Morgan fingerprint density at radius 2 is 1.93 bits per heavy atom. The topological polar surface area (TPSA) is 64.6 Å². The molecule has 0 saturated carbocycles. The number of aromatic amines is 1. The lowest BCUT2D eigenvalue weighted by Crippen LogP contribution is -1.95. The van der Waals surface area contributed by atoms with E-state index in [1.165, 1.54) is 37.6 Å². The first-order valence-corrected chi connectivity index (χ1v) is 11.4. The summed E-state index contributed by atoms with van der Waals surface area (Å²) in [4.78, 5) is 3.98. The number of nitrogens with zero attached hydrogens (tertiary/aromatic N) is 1. The van der Waals surface area contributed by atoms with Gasteiger partial charge in [0.2, 0.25) is 0 Å². The van der Waals surface area contributed by atoms with Crippen molar-refractivity contribution in [3.05, 3.63) is 64.5 Å². The maximum atomic E-state index is 7.55. The summed E-state index contributed by atoms with van der Waals surface area (Å²) in [6, 6.07) is 17.1. The van der Waals surface area contributed by atoms with Crippen LogP contribution in [0.25, 0.3) is 33.0 Å². The molecule has 0 saturated heterocycles. The lowest BCUT2D eigenvalue weighted by Gasteiger charge is -2.07. The number of fused-ring (bicyclic) bond motifs is 3. The molecule has 0 atom stereocenters. The zero-order valence-electron chi connectivity index (χ0n) is 16.2. The summed E-state index contributed by atoms with van der Waals surface area (Å²) in [6.07, 6.45) is 4.38. The normalized spacial score (nSPS) is 11.9. The van der Waals surface area contributed by atoms with Crippen LogP contribution in [0.15, 0.2) is 53.4 Å². The number of thiophene rings is 1. The predicted octanol–water partition coefficient (Wildman–Crippen LogP) is 6.14. The number of anilines is 1. The van der Waals surface area contributed by atoms with Crippen LogP contribution in [0, 0.1) is 5.41 Å². The maximum Gasteiger partial charge on any atom is 0.0963 e. The Bertz CT molecular complexity index is 1220. The minimum absolute atomic E-state index is 0.875. The zero-order chi connectivity index (χ0) is 20.0. The molecular formula is C23H20N4S2. The van der Waals surface area contributed by atoms with Crippen molar-refractivity contribution < 1.29 is 0 Å². The van der Waals surface area contributed by atoms with Gasteiger partial charge in [-0.25, -0.2) is 0 Å². The third-order valence-corrected chi connectivity index (χ3v) is 7.34. The van der Waals surface area contributed by atoms with E-state index in [0.29, 0.717) is 0 Å². The Balaban J connectivity index is 1.51. The molecule has 144 valence electrons. The fourth-order valence-corrected chi connectivity index (χ4v) is 5.47. The van der Waals surface area contributed by atoms with Crippen LogP contribution in [-0.2, 0) is 6.42 Å². The first-order valence-electron chi connectivity index (χ1n) is 9.39. The molecule has 0 spiro atoms. The maximum absolute atomic E-state index is 7.55. The van der Waals surface area contributed by atoms with Gasteiger partial charge < -0.3 is 10.7 Å². The zero-order valence-corrected chi connectivity index (χ0v) is 17.8. The number of H-pyrrole nitrogens is 1. The van der Waals surface area contributed by atoms with Gasteiger partial charge in [-0.15, -0.1) is 23.1 Å². The molecule has 1 aliphatic carbocycles. The van der Waals surface area contributed by atoms with E-state index in [2.05, 4.69) is 58.2 Å². The molecule has 29 heavy (non-hydrogen) atoms. The van der Waals surface area contributed by atoms with E-state index >= 15 is 0 Å². The van der Waals surface area contributed by atoms with Crippen molar-refractivity contribution in [1.82, 2.24) is 10.2 Å². The number of hydrogen-bond donors (Lipinski definition) is 3. The highest BCUT2D eigenvalue weighted by Gasteiger charge is 2.28. The molecule has 6 heteroatoms.